The molecule has 0 aliphatic carbocycles. The van der Waals surface area contributed by atoms with Crippen LogP contribution in [0.15, 0.2) is 30.3 Å². The minimum atomic E-state index is 0.0470. The minimum Gasteiger partial charge on any atom is -0.493 e. The molecule has 0 bridgehead atoms. The number of ether oxygens (including phenoxy) is 1. The van der Waals surface area contributed by atoms with Crippen LogP contribution >= 0.6 is 0 Å². The van der Waals surface area contributed by atoms with Gasteiger partial charge in [0.2, 0.25) is 5.91 Å². The van der Waals surface area contributed by atoms with E-state index in [1.54, 1.807) is 4.90 Å². The van der Waals surface area contributed by atoms with Gasteiger partial charge in [-0.1, -0.05) is 31.0 Å². The quantitative estimate of drug-likeness (QED) is 0.690. The van der Waals surface area contributed by atoms with Gasteiger partial charge in [0.05, 0.1) is 19.6 Å². The standard InChI is InChI=1S/C15H19NO2/c1-3-11-16(12-4-2)15(17)10-13-18-14-8-6-5-7-9-14/h1,5-9H,4,10-13H2,2H3. The van der Waals surface area contributed by atoms with Crippen molar-refractivity contribution in [3.63, 3.8) is 0 Å². The van der Waals surface area contributed by atoms with Crippen LogP contribution in [0.3, 0.4) is 0 Å². The Morgan fingerprint density at radius 3 is 2.72 bits per heavy atom. The highest BCUT2D eigenvalue weighted by Gasteiger charge is 2.11. The maximum atomic E-state index is 11.9. The van der Waals surface area contributed by atoms with E-state index in [0.717, 1.165) is 12.2 Å². The molecule has 1 aromatic rings. The van der Waals surface area contributed by atoms with Gasteiger partial charge >= 0.3 is 0 Å². The molecule has 0 aliphatic rings. The summed E-state index contributed by atoms with van der Waals surface area (Å²) in [4.78, 5) is 13.6. The molecule has 1 rings (SSSR count). The number of hydrogen-bond acceptors (Lipinski definition) is 2. The molecule has 0 saturated heterocycles. The van der Waals surface area contributed by atoms with E-state index in [1.165, 1.54) is 0 Å². The first-order chi connectivity index (χ1) is 8.77. The molecular formula is C15H19NO2. The lowest BCUT2D eigenvalue weighted by atomic mass is 10.3. The zero-order chi connectivity index (χ0) is 13.2. The summed E-state index contributed by atoms with van der Waals surface area (Å²) in [5, 5.41) is 0. The highest BCUT2D eigenvalue weighted by atomic mass is 16.5. The van der Waals surface area contributed by atoms with Gasteiger partial charge in [-0.25, -0.2) is 0 Å². The lowest BCUT2D eigenvalue weighted by Crippen LogP contribution is -2.33. The van der Waals surface area contributed by atoms with Gasteiger partial charge in [0.25, 0.3) is 0 Å². The van der Waals surface area contributed by atoms with Crippen LogP contribution < -0.4 is 4.74 Å². The highest BCUT2D eigenvalue weighted by Crippen LogP contribution is 2.08. The molecule has 3 nitrogen and oxygen atoms in total. The molecule has 0 aliphatic heterocycles. The van der Waals surface area contributed by atoms with Gasteiger partial charge in [0, 0.05) is 6.54 Å². The lowest BCUT2D eigenvalue weighted by Gasteiger charge is -2.19. The van der Waals surface area contributed by atoms with Gasteiger partial charge in [-0.2, -0.15) is 0 Å². The van der Waals surface area contributed by atoms with Gasteiger partial charge in [-0.05, 0) is 18.6 Å². The van der Waals surface area contributed by atoms with Crippen molar-refractivity contribution in [2.24, 2.45) is 0 Å². The first-order valence-corrected chi connectivity index (χ1v) is 6.17. The van der Waals surface area contributed by atoms with E-state index >= 15 is 0 Å². The number of nitrogens with zero attached hydrogens (tertiary/aromatic N) is 1. The van der Waals surface area contributed by atoms with E-state index in [9.17, 15) is 4.79 Å². The van der Waals surface area contributed by atoms with Gasteiger partial charge in [-0.15, -0.1) is 6.42 Å². The van der Waals surface area contributed by atoms with Crippen molar-refractivity contribution in [1.29, 1.82) is 0 Å². The number of para-hydroxylation sites is 1. The van der Waals surface area contributed by atoms with Crippen molar-refractivity contribution in [2.45, 2.75) is 19.8 Å². The molecule has 0 heterocycles. The average molecular weight is 245 g/mol. The zero-order valence-electron chi connectivity index (χ0n) is 10.8. The Balaban J connectivity index is 2.33. The minimum absolute atomic E-state index is 0.0470. The van der Waals surface area contributed by atoms with Crippen LogP contribution in [-0.4, -0.2) is 30.5 Å². The molecule has 0 atom stereocenters. The fraction of sp³-hybridized carbons (Fsp3) is 0.400. The fourth-order valence-corrected chi connectivity index (χ4v) is 1.60. The van der Waals surface area contributed by atoms with Gasteiger partial charge in [0.1, 0.15) is 5.75 Å². The molecule has 0 unspecified atom stereocenters. The Morgan fingerprint density at radius 2 is 2.11 bits per heavy atom. The summed E-state index contributed by atoms with van der Waals surface area (Å²) in [5.41, 5.74) is 0. The summed E-state index contributed by atoms with van der Waals surface area (Å²) in [6.07, 6.45) is 6.51. The molecule has 1 amide bonds. The molecule has 0 radical (unpaired) electrons. The van der Waals surface area contributed by atoms with Crippen molar-refractivity contribution < 1.29 is 9.53 Å². The summed E-state index contributed by atoms with van der Waals surface area (Å²) in [5.74, 6) is 3.33. The van der Waals surface area contributed by atoms with E-state index < -0.39 is 0 Å². The van der Waals surface area contributed by atoms with Crippen molar-refractivity contribution in [1.82, 2.24) is 4.90 Å². The van der Waals surface area contributed by atoms with Crippen LogP contribution in [-0.2, 0) is 4.79 Å². The summed E-state index contributed by atoms with van der Waals surface area (Å²) in [7, 11) is 0. The number of hydrogen-bond donors (Lipinski definition) is 0. The molecule has 96 valence electrons. The van der Waals surface area contributed by atoms with Gasteiger partial charge in [0.15, 0.2) is 0 Å². The zero-order valence-corrected chi connectivity index (χ0v) is 10.8. The number of terminal acetylenes is 1. The molecule has 3 heteroatoms. The lowest BCUT2D eigenvalue weighted by molar-refractivity contribution is -0.131. The first-order valence-electron chi connectivity index (χ1n) is 6.17. The molecule has 0 fully saturated rings. The fourth-order valence-electron chi connectivity index (χ4n) is 1.60. The third-order valence-corrected chi connectivity index (χ3v) is 2.46. The van der Waals surface area contributed by atoms with Crippen LogP contribution in [0.2, 0.25) is 0 Å². The molecule has 0 spiro atoms. The Bertz CT molecular complexity index is 395. The molecule has 0 aromatic heterocycles. The largest absolute Gasteiger partial charge is 0.493 e. The van der Waals surface area contributed by atoms with Crippen molar-refractivity contribution in [3.05, 3.63) is 30.3 Å². The Labute approximate surface area is 109 Å². The third kappa shape index (κ3) is 4.92. The molecule has 18 heavy (non-hydrogen) atoms. The monoisotopic (exact) mass is 245 g/mol. The van der Waals surface area contributed by atoms with Crippen molar-refractivity contribution in [3.8, 4) is 18.1 Å². The normalized spacial score (nSPS) is 9.56. The molecule has 0 saturated carbocycles. The Hall–Kier alpha value is -1.95. The maximum absolute atomic E-state index is 11.9. The van der Waals surface area contributed by atoms with E-state index in [-0.39, 0.29) is 5.91 Å². The number of rotatable bonds is 7. The topological polar surface area (TPSA) is 29.5 Å². The summed E-state index contributed by atoms with van der Waals surface area (Å²) in [6.45, 7) is 3.48. The van der Waals surface area contributed by atoms with Crippen molar-refractivity contribution >= 4 is 5.91 Å². The van der Waals surface area contributed by atoms with Gasteiger partial charge < -0.3 is 9.64 Å². The maximum Gasteiger partial charge on any atom is 0.226 e. The second-order valence-electron chi connectivity index (χ2n) is 3.93. The Kier molecular flexibility index (Phi) is 6.42. The van der Waals surface area contributed by atoms with Crippen LogP contribution in [0.1, 0.15) is 19.8 Å². The predicted octanol–water partition coefficient (Wildman–Crippen LogP) is 2.33. The molecule has 0 N–H and O–H groups in total. The summed E-state index contributed by atoms with van der Waals surface area (Å²) >= 11 is 0. The number of benzene rings is 1. The summed E-state index contributed by atoms with van der Waals surface area (Å²) in [6, 6.07) is 9.47. The van der Waals surface area contributed by atoms with E-state index in [1.807, 2.05) is 37.3 Å². The third-order valence-electron chi connectivity index (χ3n) is 2.46. The van der Waals surface area contributed by atoms with E-state index in [2.05, 4.69) is 5.92 Å². The highest BCUT2D eigenvalue weighted by molar-refractivity contribution is 5.76. The number of carbonyl (C=O) groups is 1. The van der Waals surface area contributed by atoms with Crippen LogP contribution in [0, 0.1) is 12.3 Å². The van der Waals surface area contributed by atoms with Crippen LogP contribution in [0.4, 0.5) is 0 Å². The van der Waals surface area contributed by atoms with Crippen LogP contribution in [0.25, 0.3) is 0 Å². The average Bonchev–Trinajstić information content (AvgIpc) is 2.39. The second-order valence-corrected chi connectivity index (χ2v) is 3.93. The second kappa shape index (κ2) is 8.19. The van der Waals surface area contributed by atoms with Crippen LogP contribution in [0.5, 0.6) is 5.75 Å². The Morgan fingerprint density at radius 1 is 1.39 bits per heavy atom. The number of carbonyl (C=O) groups excluding carboxylic acids is 1. The van der Waals surface area contributed by atoms with E-state index in [4.69, 9.17) is 11.2 Å². The summed E-state index contributed by atoms with van der Waals surface area (Å²) < 4.78 is 5.48. The SMILES string of the molecule is C#CCN(CCC)C(=O)CCOc1ccccc1. The van der Waals surface area contributed by atoms with Gasteiger partial charge in [-0.3, -0.25) is 4.79 Å². The van der Waals surface area contributed by atoms with E-state index in [0.29, 0.717) is 26.1 Å². The molecule has 1 aromatic carbocycles. The molecular weight excluding hydrogens is 226 g/mol. The smallest absolute Gasteiger partial charge is 0.226 e. The number of amides is 1. The predicted molar refractivity (Wildman–Crippen MR) is 72.3 cm³/mol. The van der Waals surface area contributed by atoms with Crippen molar-refractivity contribution in [2.75, 3.05) is 19.7 Å². The first kappa shape index (κ1) is 14.1.